The van der Waals surface area contributed by atoms with E-state index < -0.39 is 0 Å². The van der Waals surface area contributed by atoms with Gasteiger partial charge in [0.2, 0.25) is 0 Å². The smallest absolute Gasteiger partial charge is 0.278 e. The van der Waals surface area contributed by atoms with Gasteiger partial charge in [-0.2, -0.15) is 10.5 Å². The second-order valence-corrected chi connectivity index (χ2v) is 14.3. The SMILES string of the molecule is CN(C)c1ccc(-c2cnc3cnc(CN(C)c4ccc(C#N)cc4)cn23)cc1.CN(C)c1cccc(-c2cnc3cnc(C(=O)N(C)c4ccc(C#N)cc4)cn23)c1. The molecule has 0 saturated carbocycles. The Morgan fingerprint density at radius 3 is 1.71 bits per heavy atom. The Morgan fingerprint density at radius 2 is 1.12 bits per heavy atom. The molecule has 1 amide bonds. The molecule has 59 heavy (non-hydrogen) atoms. The van der Waals surface area contributed by atoms with Crippen molar-refractivity contribution in [1.82, 2.24) is 28.7 Å². The van der Waals surface area contributed by atoms with Crippen molar-refractivity contribution in [2.24, 2.45) is 0 Å². The lowest BCUT2D eigenvalue weighted by atomic mass is 10.1. The first-order valence-corrected chi connectivity index (χ1v) is 18.7. The number of hydrogen-bond acceptors (Lipinski definition) is 10. The van der Waals surface area contributed by atoms with E-state index in [1.165, 1.54) is 4.90 Å². The zero-order chi connectivity index (χ0) is 41.6. The maximum Gasteiger partial charge on any atom is 0.278 e. The zero-order valence-electron chi connectivity index (χ0n) is 33.7. The van der Waals surface area contributed by atoms with Crippen molar-refractivity contribution in [2.45, 2.75) is 6.54 Å². The first-order chi connectivity index (χ1) is 28.5. The fraction of sp³-hybridized carbons (Fsp3) is 0.152. The van der Waals surface area contributed by atoms with Gasteiger partial charge in [-0.3, -0.25) is 18.6 Å². The van der Waals surface area contributed by atoms with Gasteiger partial charge in [0.15, 0.2) is 11.3 Å². The van der Waals surface area contributed by atoms with Crippen molar-refractivity contribution in [1.29, 1.82) is 10.5 Å². The minimum atomic E-state index is -0.247. The molecule has 8 rings (SSSR count). The molecule has 0 fully saturated rings. The highest BCUT2D eigenvalue weighted by molar-refractivity contribution is 6.04. The van der Waals surface area contributed by atoms with Crippen LogP contribution in [0.25, 0.3) is 33.8 Å². The lowest BCUT2D eigenvalue weighted by Gasteiger charge is -2.19. The topological polar surface area (TPSA) is 138 Å². The summed E-state index contributed by atoms with van der Waals surface area (Å²) in [4.78, 5) is 38.5. The van der Waals surface area contributed by atoms with Crippen molar-refractivity contribution < 1.29 is 4.79 Å². The van der Waals surface area contributed by atoms with E-state index in [0.717, 1.165) is 50.9 Å². The second kappa shape index (κ2) is 17.0. The van der Waals surface area contributed by atoms with Crippen molar-refractivity contribution >= 4 is 40.0 Å². The minimum absolute atomic E-state index is 0.247. The molecule has 292 valence electrons. The molecule has 0 bridgehead atoms. The van der Waals surface area contributed by atoms with Gasteiger partial charge in [-0.1, -0.05) is 24.3 Å². The first kappa shape index (κ1) is 39.2. The third-order valence-electron chi connectivity index (χ3n) is 9.93. The summed E-state index contributed by atoms with van der Waals surface area (Å²) in [7, 11) is 11.8. The van der Waals surface area contributed by atoms with Crippen LogP contribution in [0.2, 0.25) is 0 Å². The van der Waals surface area contributed by atoms with E-state index in [1.807, 2.05) is 99.4 Å². The summed E-state index contributed by atoms with van der Waals surface area (Å²) >= 11 is 0. The maximum atomic E-state index is 13.0. The van der Waals surface area contributed by atoms with Gasteiger partial charge < -0.3 is 19.6 Å². The third kappa shape index (κ3) is 8.55. The summed E-state index contributed by atoms with van der Waals surface area (Å²) in [6.07, 6.45) is 10.8. The Morgan fingerprint density at radius 1 is 0.576 bits per heavy atom. The van der Waals surface area contributed by atoms with Gasteiger partial charge in [0.1, 0.15) is 5.69 Å². The first-order valence-electron chi connectivity index (χ1n) is 18.7. The summed E-state index contributed by atoms with van der Waals surface area (Å²) in [6.45, 7) is 0.652. The number of anilines is 4. The molecular weight excluding hydrogens is 737 g/mol. The van der Waals surface area contributed by atoms with Crippen molar-refractivity contribution in [3.63, 3.8) is 0 Å². The summed E-state index contributed by atoms with van der Waals surface area (Å²) in [6, 6.07) is 35.2. The van der Waals surface area contributed by atoms with Crippen molar-refractivity contribution in [3.8, 4) is 34.7 Å². The quantitative estimate of drug-likeness (QED) is 0.144. The van der Waals surface area contributed by atoms with Gasteiger partial charge in [-0.05, 0) is 72.8 Å². The fourth-order valence-electron chi connectivity index (χ4n) is 6.48. The number of carbonyl (C=O) groups is 1. The second-order valence-electron chi connectivity index (χ2n) is 14.3. The molecule has 0 unspecified atom stereocenters. The van der Waals surface area contributed by atoms with Crippen molar-refractivity contribution in [3.05, 3.63) is 157 Å². The van der Waals surface area contributed by atoms with Crippen LogP contribution in [0.1, 0.15) is 27.3 Å². The van der Waals surface area contributed by atoms with E-state index in [4.69, 9.17) is 10.5 Å². The standard InChI is InChI=1S/C23H20N6O.C23H22N6/c1-27(2)19-6-4-5-17(11-19)21-13-26-22-14-25-20(15-29(21)22)23(30)28(3)18-9-7-16(12-24)8-10-18;1-27(2)20-10-6-18(7-11-20)22-13-26-23-14-25-19(16-29(22)23)15-28(3)21-8-4-17(12-24)5-9-21/h4-11,13-15H,1-3H3;4-11,13-14,16H,15H2,1-3H3. The van der Waals surface area contributed by atoms with Crippen LogP contribution in [0.5, 0.6) is 0 Å². The van der Waals surface area contributed by atoms with Crippen LogP contribution in [0, 0.1) is 22.7 Å². The number of amides is 1. The molecule has 0 radical (unpaired) electrons. The molecule has 0 aliphatic heterocycles. The number of carbonyl (C=O) groups excluding carboxylic acids is 1. The molecule has 0 saturated heterocycles. The average molecular weight is 779 g/mol. The van der Waals surface area contributed by atoms with E-state index in [2.05, 4.69) is 76.6 Å². The molecule has 4 heterocycles. The van der Waals surface area contributed by atoms with Gasteiger partial charge in [-0.25, -0.2) is 15.0 Å². The van der Waals surface area contributed by atoms with E-state index in [0.29, 0.717) is 34.7 Å². The number of hydrogen-bond donors (Lipinski definition) is 0. The van der Waals surface area contributed by atoms with Gasteiger partial charge in [-0.15, -0.1) is 0 Å². The van der Waals surface area contributed by atoms with E-state index >= 15 is 0 Å². The fourth-order valence-corrected chi connectivity index (χ4v) is 6.48. The Kier molecular flexibility index (Phi) is 11.3. The van der Waals surface area contributed by atoms with Crippen LogP contribution in [0.15, 0.2) is 134 Å². The van der Waals surface area contributed by atoms with E-state index in [-0.39, 0.29) is 5.91 Å². The average Bonchev–Trinajstić information content (AvgIpc) is 3.90. The van der Waals surface area contributed by atoms with Crippen LogP contribution in [0.3, 0.4) is 0 Å². The van der Waals surface area contributed by atoms with Crippen LogP contribution >= 0.6 is 0 Å². The van der Waals surface area contributed by atoms with E-state index in [1.54, 1.807) is 56.1 Å². The molecule has 0 spiro atoms. The Hall–Kier alpha value is -8.03. The molecule has 8 aromatic rings. The molecule has 4 aromatic carbocycles. The summed E-state index contributed by atoms with van der Waals surface area (Å²) in [5.41, 5.74) is 11.9. The third-order valence-corrected chi connectivity index (χ3v) is 9.93. The number of fused-ring (bicyclic) bond motifs is 2. The largest absolute Gasteiger partial charge is 0.378 e. The monoisotopic (exact) mass is 778 g/mol. The number of rotatable bonds is 9. The van der Waals surface area contributed by atoms with Crippen LogP contribution in [-0.4, -0.2) is 76.9 Å². The molecular formula is C46H42N12O. The molecule has 13 nitrogen and oxygen atoms in total. The summed E-state index contributed by atoms with van der Waals surface area (Å²) in [5, 5.41) is 17.9. The normalized spacial score (nSPS) is 10.6. The minimum Gasteiger partial charge on any atom is -0.378 e. The number of aromatic nitrogens is 6. The van der Waals surface area contributed by atoms with Crippen LogP contribution in [0.4, 0.5) is 22.7 Å². The Labute approximate surface area is 342 Å². The van der Waals surface area contributed by atoms with Crippen molar-refractivity contribution in [2.75, 3.05) is 61.9 Å². The molecule has 13 heteroatoms. The summed E-state index contributed by atoms with van der Waals surface area (Å²) in [5.74, 6) is -0.247. The lowest BCUT2D eigenvalue weighted by Crippen LogP contribution is -2.27. The highest BCUT2D eigenvalue weighted by atomic mass is 16.2. The summed E-state index contributed by atoms with van der Waals surface area (Å²) < 4.78 is 3.96. The van der Waals surface area contributed by atoms with E-state index in [9.17, 15) is 4.79 Å². The van der Waals surface area contributed by atoms with Gasteiger partial charge in [0.25, 0.3) is 5.91 Å². The number of nitrogens with zero attached hydrogens (tertiary/aromatic N) is 12. The molecule has 0 aliphatic carbocycles. The van der Waals surface area contributed by atoms with Gasteiger partial charge in [0, 0.05) is 88.6 Å². The molecule has 4 aromatic heterocycles. The highest BCUT2D eigenvalue weighted by Crippen LogP contribution is 2.27. The Balaban J connectivity index is 0.000000179. The molecule has 0 aliphatic rings. The Bertz CT molecular complexity index is 2830. The highest BCUT2D eigenvalue weighted by Gasteiger charge is 2.18. The van der Waals surface area contributed by atoms with Crippen LogP contribution in [-0.2, 0) is 6.54 Å². The predicted molar refractivity (Wildman–Crippen MR) is 233 cm³/mol. The van der Waals surface area contributed by atoms with Crippen LogP contribution < -0.4 is 19.6 Å². The lowest BCUT2D eigenvalue weighted by molar-refractivity contribution is 0.0988. The predicted octanol–water partition coefficient (Wildman–Crippen LogP) is 7.58. The number of nitriles is 2. The number of imidazole rings is 2. The zero-order valence-corrected chi connectivity index (χ0v) is 33.7. The maximum absolute atomic E-state index is 13.0. The molecule has 0 atom stereocenters. The van der Waals surface area contributed by atoms with Gasteiger partial charge >= 0.3 is 0 Å². The number of benzene rings is 4. The van der Waals surface area contributed by atoms with Gasteiger partial charge in [0.05, 0.1) is 71.7 Å². The molecule has 0 N–H and O–H groups in total.